The Kier molecular flexibility index (Phi) is 2.79. The number of rotatable bonds is 1. The predicted octanol–water partition coefficient (Wildman–Crippen LogP) is 2.26. The third kappa shape index (κ3) is 3.50. The van der Waals surface area contributed by atoms with Crippen molar-refractivity contribution in [3.63, 3.8) is 0 Å². The van der Waals surface area contributed by atoms with Gasteiger partial charge in [0.25, 0.3) is 0 Å². The van der Waals surface area contributed by atoms with Crippen LogP contribution in [0.4, 0.5) is 0 Å². The molecule has 0 fully saturated rings. The molecule has 0 N–H and O–H groups in total. The van der Waals surface area contributed by atoms with E-state index in [9.17, 15) is 4.79 Å². The highest BCUT2D eigenvalue weighted by Crippen LogP contribution is 2.25. The molecule has 0 aromatic carbocycles. The van der Waals surface area contributed by atoms with Gasteiger partial charge in [0.05, 0.1) is 0 Å². The van der Waals surface area contributed by atoms with Crippen LogP contribution in [0.1, 0.15) is 6.92 Å². The molecule has 0 saturated carbocycles. The highest BCUT2D eigenvalue weighted by Gasteiger charge is 2.22. The van der Waals surface area contributed by atoms with Gasteiger partial charge in [-0.1, -0.05) is 27.5 Å². The first-order valence-electron chi connectivity index (χ1n) is 1.52. The molecule has 0 aromatic heterocycles. The maximum atomic E-state index is 10.2. The van der Waals surface area contributed by atoms with E-state index in [1.165, 1.54) is 0 Å². The number of alkyl halides is 2. The summed E-state index contributed by atoms with van der Waals surface area (Å²) in [6.45, 7) is 1.55. The van der Waals surface area contributed by atoms with Crippen LogP contribution in [0.15, 0.2) is 0 Å². The van der Waals surface area contributed by atoms with Gasteiger partial charge >= 0.3 is 0 Å². The number of carbonyl (C=O) groups is 1. The lowest BCUT2D eigenvalue weighted by Gasteiger charge is -2.03. The van der Waals surface area contributed by atoms with Gasteiger partial charge in [-0.25, -0.2) is 0 Å². The largest absolute Gasteiger partial charge is 0.284 e. The van der Waals surface area contributed by atoms with Crippen LogP contribution in [-0.2, 0) is 4.79 Å². The SMILES string of the molecule is CC(Cl)(Br)C(=O)Br. The molecule has 7 heavy (non-hydrogen) atoms. The van der Waals surface area contributed by atoms with E-state index in [1.807, 2.05) is 0 Å². The van der Waals surface area contributed by atoms with Gasteiger partial charge in [0.2, 0.25) is 4.69 Å². The normalized spacial score (nSPS) is 18.3. The molecule has 0 saturated heterocycles. The Hall–Kier alpha value is 0.920. The van der Waals surface area contributed by atoms with Crippen LogP contribution >= 0.6 is 43.5 Å². The minimum atomic E-state index is -0.937. The summed E-state index contributed by atoms with van der Waals surface area (Å²) in [6, 6.07) is 0. The smallest absolute Gasteiger partial charge is 0.229 e. The van der Waals surface area contributed by atoms with Crippen LogP contribution in [0.25, 0.3) is 0 Å². The molecule has 0 spiro atoms. The van der Waals surface area contributed by atoms with Gasteiger partial charge in [0.15, 0.2) is 3.78 Å². The van der Waals surface area contributed by atoms with Crippen LogP contribution in [-0.4, -0.2) is 8.48 Å². The second-order valence-corrected chi connectivity index (χ2v) is 4.68. The molecule has 1 atom stereocenters. The molecule has 0 aliphatic carbocycles. The van der Waals surface area contributed by atoms with Crippen LogP contribution in [0, 0.1) is 0 Å². The third-order valence-corrected chi connectivity index (χ3v) is 2.43. The molecule has 42 valence electrons. The molecule has 1 nitrogen and oxygen atoms in total. The second kappa shape index (κ2) is 2.46. The summed E-state index contributed by atoms with van der Waals surface area (Å²) in [5.74, 6) is 0. The Balaban J connectivity index is 3.79. The van der Waals surface area contributed by atoms with E-state index in [0.717, 1.165) is 0 Å². The maximum absolute atomic E-state index is 10.2. The number of carbonyl (C=O) groups excluding carboxylic acids is 1. The van der Waals surface area contributed by atoms with Gasteiger partial charge < -0.3 is 0 Å². The lowest BCUT2D eigenvalue weighted by atomic mass is 10.5. The fraction of sp³-hybridized carbons (Fsp3) is 0.667. The zero-order chi connectivity index (χ0) is 6.08. The minimum Gasteiger partial charge on any atom is -0.284 e. The Morgan fingerprint density at radius 1 is 1.86 bits per heavy atom. The van der Waals surface area contributed by atoms with Gasteiger partial charge in [0, 0.05) is 0 Å². The monoisotopic (exact) mass is 248 g/mol. The number of hydrogen-bond donors (Lipinski definition) is 0. The highest BCUT2D eigenvalue weighted by molar-refractivity contribution is 9.20. The predicted molar refractivity (Wildman–Crippen MR) is 37.1 cm³/mol. The Morgan fingerprint density at radius 2 is 2.00 bits per heavy atom. The molecule has 0 bridgehead atoms. The summed E-state index contributed by atoms with van der Waals surface area (Å²) in [5.41, 5.74) is 0. The molecule has 0 radical (unpaired) electrons. The molecule has 1 unspecified atom stereocenters. The first kappa shape index (κ1) is 7.92. The van der Waals surface area contributed by atoms with Crippen molar-refractivity contribution >= 4 is 48.2 Å². The van der Waals surface area contributed by atoms with Crippen molar-refractivity contribution in [1.29, 1.82) is 0 Å². The molecular formula is C3H3Br2ClO. The summed E-state index contributed by atoms with van der Waals surface area (Å²) >= 11 is 11.0. The van der Waals surface area contributed by atoms with Crippen molar-refractivity contribution in [2.45, 2.75) is 10.7 Å². The van der Waals surface area contributed by atoms with Crippen LogP contribution < -0.4 is 0 Å². The van der Waals surface area contributed by atoms with E-state index in [0.29, 0.717) is 0 Å². The lowest BCUT2D eigenvalue weighted by Crippen LogP contribution is -2.13. The molecule has 4 heteroatoms. The van der Waals surface area contributed by atoms with E-state index in [2.05, 4.69) is 31.9 Å². The van der Waals surface area contributed by atoms with Crippen molar-refractivity contribution in [3.05, 3.63) is 0 Å². The summed E-state index contributed by atoms with van der Waals surface area (Å²) < 4.78 is -1.20. The lowest BCUT2D eigenvalue weighted by molar-refractivity contribution is -0.110. The summed E-state index contributed by atoms with van der Waals surface area (Å²) in [6.07, 6.45) is 0. The zero-order valence-electron chi connectivity index (χ0n) is 3.54. The van der Waals surface area contributed by atoms with Gasteiger partial charge in [-0.2, -0.15) is 0 Å². The standard InChI is InChI=1S/C3H3Br2ClO/c1-3(5,6)2(4)7/h1H3. The fourth-order valence-corrected chi connectivity index (χ4v) is 0. The topological polar surface area (TPSA) is 17.1 Å². The minimum absolute atomic E-state index is 0.262. The first-order chi connectivity index (χ1) is 2.94. The fourth-order valence-electron chi connectivity index (χ4n) is 0. The first-order valence-corrected chi connectivity index (χ1v) is 3.49. The zero-order valence-corrected chi connectivity index (χ0v) is 7.47. The van der Waals surface area contributed by atoms with Gasteiger partial charge in [-0.3, -0.25) is 4.79 Å². The Bertz CT molecular complexity index is 85.4. The molecule has 0 amide bonds. The molecule has 0 rings (SSSR count). The second-order valence-electron chi connectivity index (χ2n) is 1.16. The van der Waals surface area contributed by atoms with Crippen LogP contribution in [0.3, 0.4) is 0 Å². The van der Waals surface area contributed by atoms with Gasteiger partial charge in [0.1, 0.15) is 0 Å². The molecular weight excluding hydrogens is 247 g/mol. The van der Waals surface area contributed by atoms with E-state index in [-0.39, 0.29) is 4.69 Å². The molecule has 0 aliphatic heterocycles. The average Bonchev–Trinajstić information content (AvgIpc) is 1.31. The Labute approximate surface area is 63.7 Å². The van der Waals surface area contributed by atoms with Crippen molar-refractivity contribution in [2.75, 3.05) is 0 Å². The maximum Gasteiger partial charge on any atom is 0.229 e. The third-order valence-electron chi connectivity index (χ3n) is 0.345. The van der Waals surface area contributed by atoms with Crippen molar-refractivity contribution in [1.82, 2.24) is 0 Å². The van der Waals surface area contributed by atoms with E-state index in [4.69, 9.17) is 11.6 Å². The number of hydrogen-bond acceptors (Lipinski definition) is 1. The summed E-state index contributed by atoms with van der Waals surface area (Å²) in [4.78, 5) is 10.2. The van der Waals surface area contributed by atoms with Crippen LogP contribution in [0.5, 0.6) is 0 Å². The van der Waals surface area contributed by atoms with E-state index in [1.54, 1.807) is 6.92 Å². The molecule has 0 aromatic rings. The highest BCUT2D eigenvalue weighted by atomic mass is 79.9. The summed E-state index contributed by atoms with van der Waals surface area (Å²) in [7, 11) is 0. The number of halogens is 3. The molecule has 0 aliphatic rings. The van der Waals surface area contributed by atoms with Crippen molar-refractivity contribution in [2.24, 2.45) is 0 Å². The van der Waals surface area contributed by atoms with Crippen molar-refractivity contribution in [3.8, 4) is 0 Å². The quantitative estimate of drug-likeness (QED) is 0.515. The van der Waals surface area contributed by atoms with Crippen molar-refractivity contribution < 1.29 is 4.79 Å². The van der Waals surface area contributed by atoms with Gasteiger partial charge in [-0.05, 0) is 22.9 Å². The summed E-state index contributed by atoms with van der Waals surface area (Å²) in [5, 5.41) is 0. The van der Waals surface area contributed by atoms with Crippen LogP contribution in [0.2, 0.25) is 0 Å². The Morgan fingerprint density at radius 3 is 2.00 bits per heavy atom. The van der Waals surface area contributed by atoms with Gasteiger partial charge in [-0.15, -0.1) is 0 Å². The average molecular weight is 250 g/mol. The van der Waals surface area contributed by atoms with E-state index < -0.39 is 3.78 Å². The molecule has 0 heterocycles. The van der Waals surface area contributed by atoms with E-state index >= 15 is 0 Å².